The predicted octanol–water partition coefficient (Wildman–Crippen LogP) is 0.0766. The molecule has 0 bridgehead atoms. The lowest BCUT2D eigenvalue weighted by Crippen LogP contribution is -2.58. The van der Waals surface area contributed by atoms with Crippen LogP contribution in [0.25, 0.3) is 10.9 Å². The zero-order valence-corrected chi connectivity index (χ0v) is 21.8. The van der Waals surface area contributed by atoms with E-state index in [-0.39, 0.29) is 19.3 Å². The molecule has 0 unspecified atom stereocenters. The Labute approximate surface area is 224 Å². The highest BCUT2D eigenvalue weighted by atomic mass is 16.4. The number of aromatic nitrogens is 1. The molecule has 13 heteroatoms. The predicted molar refractivity (Wildman–Crippen MR) is 140 cm³/mol. The number of fused-ring (bicyclic) bond motifs is 1. The number of rotatable bonds is 16. The summed E-state index contributed by atoms with van der Waals surface area (Å²) in [6, 6.07) is 2.53. The van der Waals surface area contributed by atoms with Crippen molar-refractivity contribution in [3.05, 3.63) is 36.0 Å². The van der Waals surface area contributed by atoms with Crippen molar-refractivity contribution >= 4 is 46.8 Å². The van der Waals surface area contributed by atoms with Crippen LogP contribution in [0.5, 0.6) is 0 Å². The van der Waals surface area contributed by atoms with E-state index in [2.05, 4.69) is 20.9 Å². The number of hydrogen-bond donors (Lipinski definition) is 7. The largest absolute Gasteiger partial charge is 0.481 e. The number of carbonyl (C=O) groups is 6. The van der Waals surface area contributed by atoms with E-state index in [9.17, 15) is 33.9 Å². The topological polar surface area (TPSA) is 221 Å². The molecule has 1 heterocycles. The molecule has 1 aromatic heterocycles. The van der Waals surface area contributed by atoms with Crippen LogP contribution in [0.15, 0.2) is 30.5 Å². The van der Waals surface area contributed by atoms with Gasteiger partial charge in [-0.1, -0.05) is 38.5 Å². The van der Waals surface area contributed by atoms with Crippen LogP contribution in [0.1, 0.15) is 45.1 Å². The number of aromatic amines is 1. The van der Waals surface area contributed by atoms with Gasteiger partial charge in [0.05, 0.1) is 18.5 Å². The van der Waals surface area contributed by atoms with Crippen molar-refractivity contribution in [1.29, 1.82) is 0 Å². The first-order valence-corrected chi connectivity index (χ1v) is 12.6. The number of carbonyl (C=O) groups excluding carboxylic acids is 4. The maximum absolute atomic E-state index is 13.1. The molecule has 3 amide bonds. The summed E-state index contributed by atoms with van der Waals surface area (Å²) in [4.78, 5) is 75.5. The molecule has 2 rings (SSSR count). The average molecular weight is 546 g/mol. The Kier molecular flexibility index (Phi) is 11.6. The lowest BCUT2D eigenvalue weighted by Gasteiger charge is -2.27. The van der Waals surface area contributed by atoms with Gasteiger partial charge in [-0.2, -0.15) is 0 Å². The molecule has 0 saturated heterocycles. The van der Waals surface area contributed by atoms with Crippen LogP contribution in [-0.4, -0.2) is 75.3 Å². The van der Waals surface area contributed by atoms with Crippen molar-refractivity contribution in [3.63, 3.8) is 0 Å². The summed E-state index contributed by atoms with van der Waals surface area (Å²) in [6.45, 7) is 3.43. The highest BCUT2D eigenvalue weighted by Gasteiger charge is 2.32. The van der Waals surface area contributed by atoms with E-state index in [1.807, 2.05) is 24.3 Å². The lowest BCUT2D eigenvalue weighted by atomic mass is 9.97. The molecule has 39 heavy (non-hydrogen) atoms. The van der Waals surface area contributed by atoms with Crippen LogP contribution in [-0.2, 0) is 35.2 Å². The van der Waals surface area contributed by atoms with Gasteiger partial charge in [-0.25, -0.2) is 0 Å². The average Bonchev–Trinajstić information content (AvgIpc) is 3.30. The number of carboxylic acids is 2. The SMILES string of the molecule is CC[C@H](C)[C@H](NC(=O)[C@H](CC(=O)O)NC(=O)[C@@H](N)Cc1c[nH]c2ccccc12)C(=O)N[C@H](C=O)CCC(=O)O. The second-order valence-electron chi connectivity index (χ2n) is 9.38. The second-order valence-corrected chi connectivity index (χ2v) is 9.38. The maximum Gasteiger partial charge on any atom is 0.305 e. The van der Waals surface area contributed by atoms with Crippen LogP contribution in [0.3, 0.4) is 0 Å². The molecular formula is C26H35N5O8. The van der Waals surface area contributed by atoms with Gasteiger partial charge >= 0.3 is 11.9 Å². The number of benzene rings is 1. The van der Waals surface area contributed by atoms with Gasteiger partial charge in [-0.05, 0) is 30.4 Å². The summed E-state index contributed by atoms with van der Waals surface area (Å²) < 4.78 is 0. The third-order valence-corrected chi connectivity index (χ3v) is 6.42. The first kappa shape index (κ1) is 31.0. The van der Waals surface area contributed by atoms with E-state index in [0.717, 1.165) is 16.5 Å². The molecule has 5 atom stereocenters. The molecule has 0 aliphatic rings. The van der Waals surface area contributed by atoms with Crippen LogP contribution in [0.4, 0.5) is 0 Å². The van der Waals surface area contributed by atoms with E-state index >= 15 is 0 Å². The third-order valence-electron chi connectivity index (χ3n) is 6.42. The molecule has 212 valence electrons. The van der Waals surface area contributed by atoms with Gasteiger partial charge in [0.15, 0.2) is 0 Å². The number of para-hydroxylation sites is 1. The Morgan fingerprint density at radius 3 is 2.31 bits per heavy atom. The van der Waals surface area contributed by atoms with E-state index in [1.165, 1.54) is 0 Å². The number of aliphatic carboxylic acids is 2. The van der Waals surface area contributed by atoms with Crippen LogP contribution >= 0.6 is 0 Å². The van der Waals surface area contributed by atoms with Crippen molar-refractivity contribution in [2.24, 2.45) is 11.7 Å². The van der Waals surface area contributed by atoms with Crippen LogP contribution in [0, 0.1) is 5.92 Å². The monoisotopic (exact) mass is 545 g/mol. The number of hydrogen-bond acceptors (Lipinski definition) is 7. The van der Waals surface area contributed by atoms with Gasteiger partial charge in [-0.15, -0.1) is 0 Å². The fraction of sp³-hybridized carbons (Fsp3) is 0.462. The first-order valence-electron chi connectivity index (χ1n) is 12.6. The zero-order chi connectivity index (χ0) is 29.1. The van der Waals surface area contributed by atoms with Crippen molar-refractivity contribution in [3.8, 4) is 0 Å². The number of H-pyrrole nitrogens is 1. The molecule has 0 fully saturated rings. The summed E-state index contributed by atoms with van der Waals surface area (Å²) in [5, 5.41) is 26.3. The number of nitrogens with two attached hydrogens (primary N) is 1. The molecule has 0 aliphatic heterocycles. The van der Waals surface area contributed by atoms with Crippen molar-refractivity contribution in [1.82, 2.24) is 20.9 Å². The maximum atomic E-state index is 13.1. The molecular weight excluding hydrogens is 510 g/mol. The van der Waals surface area contributed by atoms with Gasteiger partial charge in [0.25, 0.3) is 0 Å². The highest BCUT2D eigenvalue weighted by molar-refractivity contribution is 5.95. The summed E-state index contributed by atoms with van der Waals surface area (Å²) >= 11 is 0. The Morgan fingerprint density at radius 1 is 1.00 bits per heavy atom. The Hall–Kier alpha value is -4.26. The molecule has 2 aromatic rings. The summed E-state index contributed by atoms with van der Waals surface area (Å²) in [6.07, 6.45) is 1.43. The Balaban J connectivity index is 2.12. The van der Waals surface area contributed by atoms with Gasteiger partial charge in [0.1, 0.15) is 18.4 Å². The molecule has 1 aromatic carbocycles. The molecule has 0 spiro atoms. The second kappa shape index (κ2) is 14.6. The Morgan fingerprint density at radius 2 is 1.69 bits per heavy atom. The molecule has 0 radical (unpaired) electrons. The highest BCUT2D eigenvalue weighted by Crippen LogP contribution is 2.19. The van der Waals surface area contributed by atoms with Crippen molar-refractivity contribution < 1.29 is 39.0 Å². The van der Waals surface area contributed by atoms with Gasteiger partial charge < -0.3 is 41.7 Å². The van der Waals surface area contributed by atoms with Crippen LogP contribution < -0.4 is 21.7 Å². The van der Waals surface area contributed by atoms with Crippen LogP contribution in [0.2, 0.25) is 0 Å². The number of nitrogens with one attached hydrogen (secondary N) is 4. The molecule has 0 aliphatic carbocycles. The van der Waals surface area contributed by atoms with E-state index in [4.69, 9.17) is 10.8 Å². The van der Waals surface area contributed by atoms with E-state index in [0.29, 0.717) is 12.7 Å². The quantitative estimate of drug-likeness (QED) is 0.142. The van der Waals surface area contributed by atoms with E-state index in [1.54, 1.807) is 20.0 Å². The summed E-state index contributed by atoms with van der Waals surface area (Å²) in [5.74, 6) is -5.35. The van der Waals surface area contributed by atoms with E-state index < -0.39 is 66.2 Å². The molecule has 13 nitrogen and oxygen atoms in total. The van der Waals surface area contributed by atoms with Gasteiger partial charge in [-0.3, -0.25) is 24.0 Å². The number of amides is 3. The fourth-order valence-electron chi connectivity index (χ4n) is 3.97. The fourth-order valence-corrected chi connectivity index (χ4v) is 3.97. The smallest absolute Gasteiger partial charge is 0.305 e. The van der Waals surface area contributed by atoms with Crippen molar-refractivity contribution in [2.75, 3.05) is 0 Å². The van der Waals surface area contributed by atoms with Gasteiger partial charge in [0, 0.05) is 23.5 Å². The number of aldehydes is 1. The van der Waals surface area contributed by atoms with Gasteiger partial charge in [0.2, 0.25) is 17.7 Å². The first-order chi connectivity index (χ1) is 18.5. The lowest BCUT2D eigenvalue weighted by molar-refractivity contribution is -0.141. The minimum atomic E-state index is -1.53. The Bertz CT molecular complexity index is 1200. The molecule has 8 N–H and O–H groups in total. The minimum absolute atomic E-state index is 0.124. The number of carboxylic acid groups (broad SMARTS) is 2. The summed E-state index contributed by atoms with van der Waals surface area (Å²) in [5.41, 5.74) is 7.70. The summed E-state index contributed by atoms with van der Waals surface area (Å²) in [7, 11) is 0. The normalized spacial score (nSPS) is 14.8. The van der Waals surface area contributed by atoms with Crippen molar-refractivity contribution in [2.45, 2.75) is 70.1 Å². The molecule has 0 saturated carbocycles. The third kappa shape index (κ3) is 9.21. The minimum Gasteiger partial charge on any atom is -0.481 e. The standard InChI is InChI=1S/C26H35N5O8/c1-3-14(2)23(26(39)29-16(13-32)8-9-21(33)34)31-25(38)20(11-22(35)36)30-24(37)18(27)10-15-12-28-19-7-5-4-6-17(15)19/h4-7,12-14,16,18,20,23,28H,3,8-11,27H2,1-2H3,(H,29,39)(H,30,37)(H,31,38)(H,33,34)(H,35,36)/t14-,16-,18-,20-,23-/m0/s1. The zero-order valence-electron chi connectivity index (χ0n) is 21.8.